The fourth-order valence-electron chi connectivity index (χ4n) is 4.90. The molecule has 0 atom stereocenters. The van der Waals surface area contributed by atoms with Crippen LogP contribution in [0, 0.1) is 28.9 Å². The highest BCUT2D eigenvalue weighted by atomic mass is 32.2. The van der Waals surface area contributed by atoms with Gasteiger partial charge < -0.3 is 5.11 Å². The van der Waals surface area contributed by atoms with Crippen LogP contribution in [0.15, 0.2) is 70.9 Å². The number of rotatable bonds is 9. The Labute approximate surface area is 248 Å². The summed E-state index contributed by atoms with van der Waals surface area (Å²) in [6, 6.07) is 18.4. The van der Waals surface area contributed by atoms with E-state index < -0.39 is 17.6 Å². The van der Waals surface area contributed by atoms with Gasteiger partial charge in [0.15, 0.2) is 5.69 Å². The van der Waals surface area contributed by atoms with Crippen LogP contribution in [0.3, 0.4) is 0 Å². The van der Waals surface area contributed by atoms with E-state index >= 15 is 4.39 Å². The first-order valence-corrected chi connectivity index (χ1v) is 14.9. The van der Waals surface area contributed by atoms with Gasteiger partial charge in [0.05, 0.1) is 27.9 Å². The van der Waals surface area contributed by atoms with Crippen molar-refractivity contribution in [3.63, 3.8) is 0 Å². The maximum Gasteiger partial charge on any atom is 0.355 e. The number of carboxylic acid groups (broad SMARTS) is 1. The van der Waals surface area contributed by atoms with Gasteiger partial charge in [0.25, 0.3) is 0 Å². The Morgan fingerprint density at radius 2 is 1.86 bits per heavy atom. The number of hydrogen-bond acceptors (Lipinski definition) is 7. The number of carbonyl (C=O) groups is 1. The molecule has 11 heteroatoms. The van der Waals surface area contributed by atoms with Crippen molar-refractivity contribution in [2.75, 3.05) is 0 Å². The van der Waals surface area contributed by atoms with Crippen molar-refractivity contribution in [2.45, 2.75) is 30.6 Å². The topological polar surface area (TPSA) is 118 Å². The number of nitrogens with zero attached hydrogens (tertiary/aromatic N) is 4. The second-order valence-electron chi connectivity index (χ2n) is 10.1. The first-order valence-electron chi connectivity index (χ1n) is 13.1. The largest absolute Gasteiger partial charge is 0.476 e. The van der Waals surface area contributed by atoms with Crippen molar-refractivity contribution in [3.8, 4) is 33.6 Å². The molecule has 0 bridgehead atoms. The molecule has 3 N–H and O–H groups in total. The van der Waals surface area contributed by atoms with E-state index in [1.807, 2.05) is 6.07 Å². The third-order valence-corrected chi connectivity index (χ3v) is 8.63. The summed E-state index contributed by atoms with van der Waals surface area (Å²) in [5, 5.41) is 31.1. The molecule has 210 valence electrons. The van der Waals surface area contributed by atoms with Crippen molar-refractivity contribution in [1.82, 2.24) is 14.8 Å². The van der Waals surface area contributed by atoms with Crippen molar-refractivity contribution in [3.05, 3.63) is 106 Å². The zero-order chi connectivity index (χ0) is 29.4. The van der Waals surface area contributed by atoms with Crippen molar-refractivity contribution < 1.29 is 18.7 Å². The van der Waals surface area contributed by atoms with E-state index in [9.17, 15) is 14.3 Å². The molecule has 1 aliphatic carbocycles. The van der Waals surface area contributed by atoms with Gasteiger partial charge in [-0.05, 0) is 90.7 Å². The summed E-state index contributed by atoms with van der Waals surface area (Å²) in [5.41, 5.74) is 4.97. The van der Waals surface area contributed by atoms with Gasteiger partial charge in [-0.3, -0.25) is 5.14 Å². The number of aromatic carboxylic acids is 1. The summed E-state index contributed by atoms with van der Waals surface area (Å²) in [4.78, 5) is 16.2. The van der Waals surface area contributed by atoms with E-state index in [0.717, 1.165) is 36.0 Å². The standard InChI is InChI=1S/C31H23F2N5O2S2/c32-24-9-8-21(14-22(24)20-6-3-18(15-34)4-7-20)29-23(11-19-5-10-28(42-35)25(33)12-19)27(13-17-1-2-17)38(37-29)31-36-26(16-41-31)30(39)40/h3-10,12,14,16-17H,1-2,11,13,35H2,(H,39,40). The summed E-state index contributed by atoms with van der Waals surface area (Å²) < 4.78 is 31.5. The molecule has 0 radical (unpaired) electrons. The van der Waals surface area contributed by atoms with Crippen molar-refractivity contribution >= 4 is 29.3 Å². The Morgan fingerprint density at radius 1 is 1.10 bits per heavy atom. The average Bonchev–Trinajstić information content (AvgIpc) is 3.55. The molecule has 5 aromatic rings. The zero-order valence-electron chi connectivity index (χ0n) is 22.1. The summed E-state index contributed by atoms with van der Waals surface area (Å²) in [7, 11) is 0. The predicted octanol–water partition coefficient (Wildman–Crippen LogP) is 7.02. The number of benzene rings is 3. The second kappa shape index (κ2) is 11.5. The molecule has 0 aliphatic heterocycles. The van der Waals surface area contributed by atoms with E-state index in [1.54, 1.807) is 47.1 Å². The van der Waals surface area contributed by atoms with Crippen molar-refractivity contribution in [2.24, 2.45) is 11.1 Å². The van der Waals surface area contributed by atoms with Crippen LogP contribution in [0.4, 0.5) is 8.78 Å². The van der Waals surface area contributed by atoms with E-state index in [2.05, 4.69) is 11.1 Å². The third-order valence-electron chi connectivity index (χ3n) is 7.23. The third kappa shape index (κ3) is 5.56. The first-order chi connectivity index (χ1) is 20.3. The lowest BCUT2D eigenvalue weighted by atomic mass is 9.94. The monoisotopic (exact) mass is 599 g/mol. The minimum Gasteiger partial charge on any atom is -0.476 e. The Kier molecular flexibility index (Phi) is 7.60. The first kappa shape index (κ1) is 27.8. The Morgan fingerprint density at radius 3 is 2.50 bits per heavy atom. The highest BCUT2D eigenvalue weighted by Gasteiger charge is 2.29. The van der Waals surface area contributed by atoms with Crippen LogP contribution in [0.1, 0.15) is 45.7 Å². The molecule has 6 rings (SSSR count). The lowest BCUT2D eigenvalue weighted by molar-refractivity contribution is 0.0691. The van der Waals surface area contributed by atoms with Crippen LogP contribution in [0.5, 0.6) is 0 Å². The number of hydrogen-bond donors (Lipinski definition) is 2. The molecule has 0 saturated heterocycles. The van der Waals surface area contributed by atoms with E-state index in [0.29, 0.717) is 62.3 Å². The van der Waals surface area contributed by atoms with Crippen LogP contribution in [-0.4, -0.2) is 25.8 Å². The molecular formula is C31H23F2N5O2S2. The molecule has 2 aromatic heterocycles. The summed E-state index contributed by atoms with van der Waals surface area (Å²) in [5.74, 6) is -1.53. The number of thiazole rings is 1. The normalized spacial score (nSPS) is 12.8. The van der Waals surface area contributed by atoms with E-state index in [-0.39, 0.29) is 5.69 Å². The molecule has 7 nitrogen and oxygen atoms in total. The molecule has 0 amide bonds. The zero-order valence-corrected chi connectivity index (χ0v) is 23.7. The smallest absolute Gasteiger partial charge is 0.355 e. The molecule has 1 saturated carbocycles. The minimum absolute atomic E-state index is 0.0761. The van der Waals surface area contributed by atoms with Gasteiger partial charge in [0.1, 0.15) is 11.6 Å². The Hall–Kier alpha value is -4.37. The number of halogens is 2. The van der Waals surface area contributed by atoms with Crippen LogP contribution in [-0.2, 0) is 12.8 Å². The lowest BCUT2D eigenvalue weighted by Crippen LogP contribution is -2.06. The predicted molar refractivity (Wildman–Crippen MR) is 157 cm³/mol. The van der Waals surface area contributed by atoms with E-state index in [4.69, 9.17) is 15.5 Å². The molecular weight excluding hydrogens is 577 g/mol. The molecule has 1 aliphatic rings. The van der Waals surface area contributed by atoms with Gasteiger partial charge in [-0.1, -0.05) is 18.2 Å². The molecule has 42 heavy (non-hydrogen) atoms. The molecule has 0 unspecified atom stereocenters. The van der Waals surface area contributed by atoms with Crippen molar-refractivity contribution in [1.29, 1.82) is 5.26 Å². The number of aromatic nitrogens is 3. The minimum atomic E-state index is -1.13. The van der Waals surface area contributed by atoms with Crippen LogP contribution in [0.2, 0.25) is 0 Å². The van der Waals surface area contributed by atoms with Crippen LogP contribution >= 0.6 is 23.3 Å². The molecule has 0 spiro atoms. The lowest BCUT2D eigenvalue weighted by Gasteiger charge is -2.11. The fraction of sp³-hybridized carbons (Fsp3) is 0.161. The summed E-state index contributed by atoms with van der Waals surface area (Å²) in [6.45, 7) is 0. The van der Waals surface area contributed by atoms with Crippen LogP contribution in [0.25, 0.3) is 27.5 Å². The average molecular weight is 600 g/mol. The van der Waals surface area contributed by atoms with Gasteiger partial charge in [-0.2, -0.15) is 10.4 Å². The number of nitriles is 1. The van der Waals surface area contributed by atoms with Gasteiger partial charge in [0, 0.05) is 28.5 Å². The van der Waals surface area contributed by atoms with Gasteiger partial charge in [-0.25, -0.2) is 23.2 Å². The summed E-state index contributed by atoms with van der Waals surface area (Å²) >= 11 is 2.01. The summed E-state index contributed by atoms with van der Waals surface area (Å²) in [6.07, 6.45) is 3.15. The molecule has 1 fully saturated rings. The Bertz CT molecular complexity index is 1860. The molecule has 3 aromatic carbocycles. The number of nitrogens with two attached hydrogens (primary N) is 1. The van der Waals surface area contributed by atoms with Gasteiger partial charge in [-0.15, -0.1) is 11.3 Å². The maximum atomic E-state index is 15.1. The van der Waals surface area contributed by atoms with Crippen LogP contribution < -0.4 is 5.14 Å². The maximum absolute atomic E-state index is 15.1. The highest BCUT2D eigenvalue weighted by molar-refractivity contribution is 7.97. The SMILES string of the molecule is N#Cc1ccc(-c2cc(-c3nn(-c4nc(C(=O)O)cs4)c(CC4CC4)c3Cc3ccc(SN)c(F)c3)ccc2F)cc1. The van der Waals surface area contributed by atoms with E-state index in [1.165, 1.54) is 28.8 Å². The molecule has 2 heterocycles. The fourth-order valence-corrected chi connectivity index (χ4v) is 5.99. The van der Waals surface area contributed by atoms with Gasteiger partial charge in [0.2, 0.25) is 5.13 Å². The Balaban J connectivity index is 1.53. The number of carboxylic acids is 1. The second-order valence-corrected chi connectivity index (χ2v) is 11.6. The quantitative estimate of drug-likeness (QED) is 0.175. The van der Waals surface area contributed by atoms with Gasteiger partial charge >= 0.3 is 5.97 Å². The highest BCUT2D eigenvalue weighted by Crippen LogP contribution is 2.39.